The number of thiophene rings is 1. The Kier molecular flexibility index (Phi) is 4.55. The summed E-state index contributed by atoms with van der Waals surface area (Å²) in [5.74, 6) is -0.602. The second-order valence-corrected chi connectivity index (χ2v) is 8.40. The van der Waals surface area contributed by atoms with Crippen LogP contribution in [0.3, 0.4) is 0 Å². The number of urea groups is 1. The van der Waals surface area contributed by atoms with Crippen molar-refractivity contribution < 1.29 is 14.4 Å². The van der Waals surface area contributed by atoms with Gasteiger partial charge in [0.05, 0.1) is 6.54 Å². The summed E-state index contributed by atoms with van der Waals surface area (Å²) in [7, 11) is 0. The molecule has 3 N–H and O–H groups in total. The number of carbonyl (C=O) groups is 3. The summed E-state index contributed by atoms with van der Waals surface area (Å²) in [6.45, 7) is 0.629. The molecule has 3 heterocycles. The van der Waals surface area contributed by atoms with Crippen molar-refractivity contribution in [1.82, 2.24) is 10.6 Å². The minimum absolute atomic E-state index is 0.127. The van der Waals surface area contributed by atoms with Gasteiger partial charge in [-0.25, -0.2) is 4.79 Å². The number of anilines is 1. The van der Waals surface area contributed by atoms with E-state index in [4.69, 9.17) is 0 Å². The van der Waals surface area contributed by atoms with Crippen LogP contribution in [-0.2, 0) is 16.1 Å². The number of carbonyl (C=O) groups excluding carboxylic acids is 3. The summed E-state index contributed by atoms with van der Waals surface area (Å²) in [4.78, 5) is 40.8. The number of hydrogen-bond acceptors (Lipinski definition) is 5. The summed E-state index contributed by atoms with van der Waals surface area (Å²) in [5, 5.41) is 8.79. The van der Waals surface area contributed by atoms with E-state index in [0.29, 0.717) is 12.2 Å². The van der Waals surface area contributed by atoms with Gasteiger partial charge >= 0.3 is 6.03 Å². The third-order valence-corrected chi connectivity index (χ3v) is 6.41. The van der Waals surface area contributed by atoms with E-state index in [2.05, 4.69) is 39.1 Å². The first-order chi connectivity index (χ1) is 14.6. The van der Waals surface area contributed by atoms with Gasteiger partial charge in [0.1, 0.15) is 6.04 Å². The lowest BCUT2D eigenvalue weighted by Gasteiger charge is -2.12. The molecular weight excluding hydrogens is 400 g/mol. The standard InChI is InChI=1S/C22H18N4O3S/c27-20(6-5-17-21(28)26-22(29)25-17)24-14-7-13-10-23-11-16(13)15(9-14)19-8-12-3-1-2-4-18(12)30-19/h1-4,7-10,17H,5-6,11H2,(H,24,27)(H2,25,26,28,29)/t17-/m1/s1. The number of nitrogens with zero attached hydrogens (tertiary/aromatic N) is 1. The molecule has 7 nitrogen and oxygen atoms in total. The summed E-state index contributed by atoms with van der Waals surface area (Å²) in [6.07, 6.45) is 2.21. The molecule has 1 atom stereocenters. The van der Waals surface area contributed by atoms with Crippen molar-refractivity contribution in [3.8, 4) is 10.4 Å². The summed E-state index contributed by atoms with van der Waals surface area (Å²) >= 11 is 1.72. The fraction of sp³-hybridized carbons (Fsp3) is 0.182. The van der Waals surface area contributed by atoms with Crippen LogP contribution in [0.25, 0.3) is 20.5 Å². The van der Waals surface area contributed by atoms with Crippen LogP contribution >= 0.6 is 11.3 Å². The second kappa shape index (κ2) is 7.38. The molecule has 0 bridgehead atoms. The normalized spacial score (nSPS) is 17.1. The second-order valence-electron chi connectivity index (χ2n) is 7.31. The van der Waals surface area contributed by atoms with Crippen LogP contribution in [0.5, 0.6) is 0 Å². The number of aliphatic imine (C=N–C) groups is 1. The number of rotatable bonds is 5. The van der Waals surface area contributed by atoms with Crippen LogP contribution in [-0.4, -0.2) is 30.1 Å². The summed E-state index contributed by atoms with van der Waals surface area (Å²) in [6, 6.07) is 13.1. The molecule has 0 saturated carbocycles. The van der Waals surface area contributed by atoms with Crippen LogP contribution in [0.2, 0.25) is 0 Å². The SMILES string of the molecule is O=C(CC[C@H]1NC(=O)NC1=O)Nc1cc2c(c(-c3cc4ccccc4s3)c1)CN=C2. The Balaban J connectivity index is 1.37. The van der Waals surface area contributed by atoms with Gasteiger partial charge in [-0.15, -0.1) is 11.3 Å². The molecule has 0 radical (unpaired) electrons. The van der Waals surface area contributed by atoms with Crippen LogP contribution in [0.15, 0.2) is 47.5 Å². The van der Waals surface area contributed by atoms with Gasteiger partial charge in [-0.3, -0.25) is 19.9 Å². The van der Waals surface area contributed by atoms with Gasteiger partial charge in [-0.05, 0) is 47.2 Å². The number of benzene rings is 2. The predicted octanol–water partition coefficient (Wildman–Crippen LogP) is 3.43. The Morgan fingerprint density at radius 3 is 2.87 bits per heavy atom. The maximum Gasteiger partial charge on any atom is 0.322 e. The highest BCUT2D eigenvalue weighted by Crippen LogP contribution is 2.39. The molecule has 3 aromatic rings. The molecule has 1 aromatic heterocycles. The molecule has 1 fully saturated rings. The topological polar surface area (TPSA) is 99.7 Å². The van der Waals surface area contributed by atoms with Gasteiger partial charge in [0.2, 0.25) is 5.91 Å². The number of fused-ring (bicyclic) bond motifs is 2. The van der Waals surface area contributed by atoms with E-state index in [1.807, 2.05) is 30.5 Å². The minimum atomic E-state index is -0.662. The van der Waals surface area contributed by atoms with Crippen molar-refractivity contribution in [3.63, 3.8) is 0 Å². The monoisotopic (exact) mass is 418 g/mol. The van der Waals surface area contributed by atoms with E-state index in [0.717, 1.165) is 21.6 Å². The van der Waals surface area contributed by atoms with Gasteiger partial charge in [-0.1, -0.05) is 18.2 Å². The van der Waals surface area contributed by atoms with Gasteiger partial charge in [0, 0.05) is 33.5 Å². The quantitative estimate of drug-likeness (QED) is 0.554. The zero-order chi connectivity index (χ0) is 20.7. The van der Waals surface area contributed by atoms with E-state index in [-0.39, 0.29) is 18.7 Å². The van der Waals surface area contributed by atoms with Crippen molar-refractivity contribution in [2.24, 2.45) is 4.99 Å². The Bertz CT molecular complexity index is 1200. The molecule has 4 amide bonds. The largest absolute Gasteiger partial charge is 0.326 e. The van der Waals surface area contributed by atoms with Crippen molar-refractivity contribution in [3.05, 3.63) is 53.6 Å². The van der Waals surface area contributed by atoms with Crippen molar-refractivity contribution >= 4 is 51.2 Å². The number of amides is 4. The first kappa shape index (κ1) is 18.5. The fourth-order valence-electron chi connectivity index (χ4n) is 3.79. The number of hydrogen-bond donors (Lipinski definition) is 3. The van der Waals surface area contributed by atoms with Crippen molar-refractivity contribution in [2.75, 3.05) is 5.32 Å². The van der Waals surface area contributed by atoms with E-state index < -0.39 is 18.0 Å². The Morgan fingerprint density at radius 2 is 2.07 bits per heavy atom. The molecule has 150 valence electrons. The van der Waals surface area contributed by atoms with Gasteiger partial charge < -0.3 is 10.6 Å². The number of imide groups is 1. The molecular formula is C22H18N4O3S. The lowest BCUT2D eigenvalue weighted by Crippen LogP contribution is -2.30. The molecule has 0 aliphatic carbocycles. The Morgan fingerprint density at radius 1 is 1.20 bits per heavy atom. The first-order valence-electron chi connectivity index (χ1n) is 9.64. The highest BCUT2D eigenvalue weighted by atomic mass is 32.1. The maximum atomic E-state index is 12.5. The molecule has 30 heavy (non-hydrogen) atoms. The third-order valence-electron chi connectivity index (χ3n) is 5.26. The molecule has 5 rings (SSSR count). The Hall–Kier alpha value is -3.52. The first-order valence-corrected chi connectivity index (χ1v) is 10.5. The smallest absolute Gasteiger partial charge is 0.322 e. The number of nitrogens with one attached hydrogen (secondary N) is 3. The average molecular weight is 418 g/mol. The van der Waals surface area contributed by atoms with Gasteiger partial charge in [0.25, 0.3) is 5.91 Å². The average Bonchev–Trinajstić information content (AvgIpc) is 3.43. The van der Waals surface area contributed by atoms with Crippen LogP contribution < -0.4 is 16.0 Å². The lowest BCUT2D eigenvalue weighted by atomic mass is 10.00. The summed E-state index contributed by atoms with van der Waals surface area (Å²) in [5.41, 5.74) is 3.93. The molecule has 0 unspecified atom stereocenters. The molecule has 0 spiro atoms. The highest BCUT2D eigenvalue weighted by Gasteiger charge is 2.29. The lowest BCUT2D eigenvalue weighted by molar-refractivity contribution is -0.120. The van der Waals surface area contributed by atoms with Gasteiger partial charge in [0.15, 0.2) is 0 Å². The fourth-order valence-corrected chi connectivity index (χ4v) is 4.90. The predicted molar refractivity (Wildman–Crippen MR) is 117 cm³/mol. The van der Waals surface area contributed by atoms with E-state index in [9.17, 15) is 14.4 Å². The Labute approximate surface area is 176 Å². The molecule has 8 heteroatoms. The minimum Gasteiger partial charge on any atom is -0.326 e. The third kappa shape index (κ3) is 3.46. The molecule has 2 aliphatic rings. The highest BCUT2D eigenvalue weighted by molar-refractivity contribution is 7.22. The van der Waals surface area contributed by atoms with E-state index in [1.54, 1.807) is 11.3 Å². The van der Waals surface area contributed by atoms with Gasteiger partial charge in [-0.2, -0.15) is 0 Å². The van der Waals surface area contributed by atoms with Crippen LogP contribution in [0, 0.1) is 0 Å². The maximum absolute atomic E-state index is 12.5. The summed E-state index contributed by atoms with van der Waals surface area (Å²) < 4.78 is 1.21. The van der Waals surface area contributed by atoms with E-state index >= 15 is 0 Å². The zero-order valence-corrected chi connectivity index (χ0v) is 16.7. The van der Waals surface area contributed by atoms with E-state index in [1.165, 1.54) is 10.1 Å². The zero-order valence-electron chi connectivity index (χ0n) is 15.9. The van der Waals surface area contributed by atoms with Crippen molar-refractivity contribution in [2.45, 2.75) is 25.4 Å². The van der Waals surface area contributed by atoms with Crippen molar-refractivity contribution in [1.29, 1.82) is 0 Å². The van der Waals surface area contributed by atoms with Crippen LogP contribution in [0.1, 0.15) is 24.0 Å². The molecule has 2 aromatic carbocycles. The molecule has 2 aliphatic heterocycles. The van der Waals surface area contributed by atoms with Crippen LogP contribution in [0.4, 0.5) is 10.5 Å². The molecule has 1 saturated heterocycles.